The van der Waals surface area contributed by atoms with E-state index < -0.39 is 0 Å². The molecule has 0 spiro atoms. The van der Waals surface area contributed by atoms with Crippen molar-refractivity contribution in [2.75, 3.05) is 26.4 Å². The summed E-state index contributed by atoms with van der Waals surface area (Å²) >= 11 is 0. The van der Waals surface area contributed by atoms with E-state index in [1.54, 1.807) is 0 Å². The molecule has 6 nitrogen and oxygen atoms in total. The van der Waals surface area contributed by atoms with Gasteiger partial charge in [-0.2, -0.15) is 0 Å². The molecule has 0 bridgehead atoms. The number of hydrogen-bond acceptors (Lipinski definition) is 5. The fourth-order valence-corrected chi connectivity index (χ4v) is 2.25. The molecular formula is C13H25N4O2+. The zero-order valence-electron chi connectivity index (χ0n) is 11.9. The molecule has 1 heterocycles. The molecule has 1 saturated heterocycles. The van der Waals surface area contributed by atoms with Crippen molar-refractivity contribution in [3.05, 3.63) is 11.5 Å². The fourth-order valence-electron chi connectivity index (χ4n) is 2.25. The van der Waals surface area contributed by atoms with Gasteiger partial charge in [-0.1, -0.05) is 6.92 Å². The van der Waals surface area contributed by atoms with Crippen LogP contribution in [0.2, 0.25) is 0 Å². The van der Waals surface area contributed by atoms with E-state index in [4.69, 9.17) is 10.5 Å². The van der Waals surface area contributed by atoms with Crippen LogP contribution in [-0.2, 0) is 9.53 Å². The number of hydrogen-bond donors (Lipinski definition) is 3. The fraction of sp³-hybridized carbons (Fsp3) is 0.769. The van der Waals surface area contributed by atoms with Gasteiger partial charge in [-0.25, -0.2) is 4.79 Å². The molecule has 0 aromatic carbocycles. The Hall–Kier alpha value is -1.11. The number of ether oxygens (including phenoxy) is 1. The lowest BCUT2D eigenvalue weighted by Gasteiger charge is -2.26. The van der Waals surface area contributed by atoms with Gasteiger partial charge in [-0.05, 0) is 19.8 Å². The average molecular weight is 269 g/mol. The monoisotopic (exact) mass is 269 g/mol. The van der Waals surface area contributed by atoms with Gasteiger partial charge in [0.1, 0.15) is 0 Å². The summed E-state index contributed by atoms with van der Waals surface area (Å²) in [5.41, 5.74) is 10.5. The van der Waals surface area contributed by atoms with E-state index in [9.17, 15) is 4.79 Å². The summed E-state index contributed by atoms with van der Waals surface area (Å²) in [7, 11) is 0. The van der Waals surface area contributed by atoms with Crippen molar-refractivity contribution < 1.29 is 15.3 Å². The van der Waals surface area contributed by atoms with Crippen LogP contribution in [0.25, 0.3) is 0 Å². The number of quaternary nitrogens is 1. The molecule has 1 unspecified atom stereocenters. The van der Waals surface area contributed by atoms with Crippen molar-refractivity contribution in [1.29, 1.82) is 0 Å². The maximum atomic E-state index is 11.8. The zero-order chi connectivity index (χ0) is 14.0. The number of carbonyl (C=O) groups excluding carboxylic acids is 1. The van der Waals surface area contributed by atoms with Crippen molar-refractivity contribution in [1.82, 2.24) is 10.2 Å². The third kappa shape index (κ3) is 3.46. The van der Waals surface area contributed by atoms with Crippen LogP contribution < -0.4 is 16.8 Å². The highest BCUT2D eigenvalue weighted by atomic mass is 16.5. The lowest BCUT2D eigenvalue weighted by Crippen LogP contribution is -2.59. The molecule has 1 atom stereocenters. The Morgan fingerprint density at radius 1 is 1.58 bits per heavy atom. The van der Waals surface area contributed by atoms with E-state index >= 15 is 0 Å². The second-order valence-electron chi connectivity index (χ2n) is 5.95. The summed E-state index contributed by atoms with van der Waals surface area (Å²) in [6.07, 6.45) is 2.31. The Bertz CT molecular complexity index is 382. The predicted molar refractivity (Wildman–Crippen MR) is 71.4 cm³/mol. The normalized spacial score (nSPS) is 23.9. The Morgan fingerprint density at radius 2 is 2.26 bits per heavy atom. The van der Waals surface area contributed by atoms with Crippen LogP contribution in [-0.4, -0.2) is 43.2 Å². The SMILES string of the molecule is CC(N)C(=C(OCC1(C)CC1)C([NH3+])=O)N1CCNC1. The molecule has 0 radical (unpaired) electrons. The van der Waals surface area contributed by atoms with Crippen molar-refractivity contribution >= 4 is 5.91 Å². The largest absolute Gasteiger partial charge is 0.483 e. The number of amides is 1. The number of nitrogens with zero attached hydrogens (tertiary/aromatic N) is 1. The first kappa shape index (κ1) is 14.3. The minimum absolute atomic E-state index is 0.229. The van der Waals surface area contributed by atoms with Gasteiger partial charge in [0.15, 0.2) is 0 Å². The highest BCUT2D eigenvalue weighted by molar-refractivity contribution is 5.83. The molecule has 1 aliphatic heterocycles. The number of nitrogens with two attached hydrogens (primary N) is 1. The van der Waals surface area contributed by atoms with E-state index in [0.717, 1.165) is 31.6 Å². The van der Waals surface area contributed by atoms with Crippen molar-refractivity contribution in [2.45, 2.75) is 32.7 Å². The van der Waals surface area contributed by atoms with Crippen LogP contribution >= 0.6 is 0 Å². The van der Waals surface area contributed by atoms with Crippen molar-refractivity contribution in [2.24, 2.45) is 11.1 Å². The van der Waals surface area contributed by atoms with E-state index in [0.29, 0.717) is 19.0 Å². The third-order valence-electron chi connectivity index (χ3n) is 3.79. The Kier molecular flexibility index (Phi) is 4.13. The molecule has 1 saturated carbocycles. The summed E-state index contributed by atoms with van der Waals surface area (Å²) < 4.78 is 5.78. The molecule has 2 fully saturated rings. The molecule has 108 valence electrons. The standard InChI is InChI=1S/C13H24N4O2/c1-9(14)10(17-6-5-16-8-17)11(12(15)18)19-7-13(2)3-4-13/h9,16H,3-8,14H2,1-2H3,(H2,15,18)/p+1. The molecule has 6 N–H and O–H groups in total. The highest BCUT2D eigenvalue weighted by Gasteiger charge is 2.39. The molecule has 1 aliphatic carbocycles. The molecule has 2 aliphatic rings. The van der Waals surface area contributed by atoms with Crippen LogP contribution in [0.15, 0.2) is 11.5 Å². The maximum absolute atomic E-state index is 11.8. The lowest BCUT2D eigenvalue weighted by atomic mass is 10.1. The number of rotatable bonds is 6. The third-order valence-corrected chi connectivity index (χ3v) is 3.79. The lowest BCUT2D eigenvalue weighted by molar-refractivity contribution is -0.303. The number of nitrogens with one attached hydrogen (secondary N) is 1. The maximum Gasteiger partial charge on any atom is 0.377 e. The Labute approximate surface area is 114 Å². The van der Waals surface area contributed by atoms with Gasteiger partial charge < -0.3 is 15.4 Å². The molecule has 0 aromatic rings. The van der Waals surface area contributed by atoms with Gasteiger partial charge >= 0.3 is 5.91 Å². The van der Waals surface area contributed by atoms with Crippen LogP contribution in [0.4, 0.5) is 0 Å². The second-order valence-corrected chi connectivity index (χ2v) is 5.95. The van der Waals surface area contributed by atoms with Gasteiger partial charge in [-0.15, -0.1) is 0 Å². The quantitative estimate of drug-likeness (QED) is 0.424. The van der Waals surface area contributed by atoms with Crippen LogP contribution in [0.5, 0.6) is 0 Å². The van der Waals surface area contributed by atoms with E-state index in [2.05, 4.69) is 22.9 Å². The summed E-state index contributed by atoms with van der Waals surface area (Å²) in [5, 5.41) is 3.24. The molecule has 0 aromatic heterocycles. The molecule has 2 rings (SSSR count). The topological polar surface area (TPSA) is 95.2 Å². The van der Waals surface area contributed by atoms with Gasteiger partial charge in [0.25, 0.3) is 0 Å². The minimum atomic E-state index is -0.288. The van der Waals surface area contributed by atoms with Gasteiger partial charge in [-0.3, -0.25) is 11.1 Å². The van der Waals surface area contributed by atoms with E-state index in [-0.39, 0.29) is 17.4 Å². The first-order valence-electron chi connectivity index (χ1n) is 6.87. The van der Waals surface area contributed by atoms with Gasteiger partial charge in [0, 0.05) is 24.5 Å². The van der Waals surface area contributed by atoms with Gasteiger partial charge in [0.2, 0.25) is 5.76 Å². The smallest absolute Gasteiger partial charge is 0.377 e. The van der Waals surface area contributed by atoms with Crippen molar-refractivity contribution in [3.63, 3.8) is 0 Å². The average Bonchev–Trinajstić information content (AvgIpc) is 2.86. The second kappa shape index (κ2) is 5.48. The van der Waals surface area contributed by atoms with Gasteiger partial charge in [0.05, 0.1) is 19.0 Å². The summed E-state index contributed by atoms with van der Waals surface area (Å²) in [6, 6.07) is -0.243. The molecule has 6 heteroatoms. The summed E-state index contributed by atoms with van der Waals surface area (Å²) in [5.74, 6) is 0.0512. The van der Waals surface area contributed by atoms with E-state index in [1.807, 2.05) is 6.92 Å². The van der Waals surface area contributed by atoms with E-state index in [1.165, 1.54) is 0 Å². The molecule has 19 heavy (non-hydrogen) atoms. The first-order valence-corrected chi connectivity index (χ1v) is 6.87. The minimum Gasteiger partial charge on any atom is -0.483 e. The molecule has 1 amide bonds. The van der Waals surface area contributed by atoms with Crippen LogP contribution in [0.3, 0.4) is 0 Å². The predicted octanol–water partition coefficient (Wildman–Crippen LogP) is -1.01. The molecular weight excluding hydrogens is 244 g/mol. The first-order chi connectivity index (χ1) is 8.93. The van der Waals surface area contributed by atoms with Crippen LogP contribution in [0, 0.1) is 5.41 Å². The summed E-state index contributed by atoms with van der Waals surface area (Å²) in [4.78, 5) is 13.9. The Balaban J connectivity index is 2.18. The van der Waals surface area contributed by atoms with Crippen molar-refractivity contribution in [3.8, 4) is 0 Å². The van der Waals surface area contributed by atoms with Crippen LogP contribution in [0.1, 0.15) is 26.7 Å². The number of carbonyl (C=O) groups is 1. The summed E-state index contributed by atoms with van der Waals surface area (Å²) in [6.45, 7) is 7.05. The Morgan fingerprint density at radius 3 is 2.68 bits per heavy atom. The highest BCUT2D eigenvalue weighted by Crippen LogP contribution is 2.45. The zero-order valence-corrected chi connectivity index (χ0v) is 11.9.